The van der Waals surface area contributed by atoms with Gasteiger partial charge in [-0.25, -0.2) is 0 Å². The summed E-state index contributed by atoms with van der Waals surface area (Å²) in [5, 5.41) is 3.66. The lowest BCUT2D eigenvalue weighted by atomic mass is 9.95. The van der Waals surface area contributed by atoms with E-state index in [0.29, 0.717) is 19.1 Å². The molecule has 2 aliphatic heterocycles. The summed E-state index contributed by atoms with van der Waals surface area (Å²) in [5.74, 6) is 3.64. The molecule has 1 N–H and O–H groups in total. The molecule has 0 saturated heterocycles. The van der Waals surface area contributed by atoms with E-state index in [2.05, 4.69) is 53.3 Å². The van der Waals surface area contributed by atoms with Gasteiger partial charge in [0.2, 0.25) is 6.79 Å². The fourth-order valence-corrected chi connectivity index (χ4v) is 3.95. The lowest BCUT2D eigenvalue weighted by Crippen LogP contribution is -2.26. The lowest BCUT2D eigenvalue weighted by molar-refractivity contribution is 0.171. The minimum Gasteiger partial charge on any atom is -0.486 e. The number of hydrogen-bond acceptors (Lipinski definition) is 5. The number of nitrogens with one attached hydrogen (secondary N) is 1. The first-order valence-electron chi connectivity index (χ1n) is 8.83. The number of benzene rings is 2. The van der Waals surface area contributed by atoms with Gasteiger partial charge in [0.25, 0.3) is 0 Å². The monoisotopic (exact) mass is 419 g/mol. The van der Waals surface area contributed by atoms with Gasteiger partial charge in [-0.15, -0.1) is 0 Å². The Kier molecular flexibility index (Phi) is 4.96. The maximum absolute atomic E-state index is 5.73. The number of halogens is 1. The van der Waals surface area contributed by atoms with Crippen molar-refractivity contribution in [2.24, 2.45) is 5.92 Å². The first kappa shape index (κ1) is 17.5. The SMILES string of the molecule is CC(C)C(NCc1cc(Br)c2c(c1)OCO2)c1ccc2c(c1)OCCO2. The van der Waals surface area contributed by atoms with Crippen molar-refractivity contribution in [2.75, 3.05) is 20.0 Å². The minimum absolute atomic E-state index is 0.204. The predicted molar refractivity (Wildman–Crippen MR) is 102 cm³/mol. The molecule has 0 bridgehead atoms. The van der Waals surface area contributed by atoms with Crippen LogP contribution in [0.3, 0.4) is 0 Å². The molecule has 1 atom stereocenters. The molecule has 0 fully saturated rings. The largest absolute Gasteiger partial charge is 0.486 e. The topological polar surface area (TPSA) is 49.0 Å². The summed E-state index contributed by atoms with van der Waals surface area (Å²) in [7, 11) is 0. The highest BCUT2D eigenvalue weighted by atomic mass is 79.9. The molecule has 5 nitrogen and oxygen atoms in total. The molecule has 138 valence electrons. The maximum Gasteiger partial charge on any atom is 0.231 e. The van der Waals surface area contributed by atoms with Crippen molar-refractivity contribution in [1.82, 2.24) is 5.32 Å². The quantitative estimate of drug-likeness (QED) is 0.776. The Hall–Kier alpha value is -1.92. The third-order valence-electron chi connectivity index (χ3n) is 4.61. The Morgan fingerprint density at radius 1 is 0.962 bits per heavy atom. The Morgan fingerprint density at radius 3 is 2.58 bits per heavy atom. The number of hydrogen-bond donors (Lipinski definition) is 1. The van der Waals surface area contributed by atoms with Crippen LogP contribution in [0.25, 0.3) is 0 Å². The van der Waals surface area contributed by atoms with Crippen LogP contribution in [0.4, 0.5) is 0 Å². The van der Waals surface area contributed by atoms with Crippen LogP contribution in [0.15, 0.2) is 34.8 Å². The average Bonchev–Trinajstić information content (AvgIpc) is 3.11. The summed E-state index contributed by atoms with van der Waals surface area (Å²) in [4.78, 5) is 0. The van der Waals surface area contributed by atoms with Crippen LogP contribution in [-0.4, -0.2) is 20.0 Å². The van der Waals surface area contributed by atoms with Crippen LogP contribution < -0.4 is 24.3 Å². The van der Waals surface area contributed by atoms with Gasteiger partial charge in [0.15, 0.2) is 23.0 Å². The Morgan fingerprint density at radius 2 is 1.77 bits per heavy atom. The molecular formula is C20H22BrNO4. The van der Waals surface area contributed by atoms with E-state index in [1.54, 1.807) is 0 Å². The molecular weight excluding hydrogens is 398 g/mol. The Bertz CT molecular complexity index is 809. The summed E-state index contributed by atoms with van der Waals surface area (Å²) < 4.78 is 23.2. The predicted octanol–water partition coefficient (Wildman–Crippen LogP) is 4.44. The zero-order valence-electron chi connectivity index (χ0n) is 14.9. The molecule has 0 saturated carbocycles. The maximum atomic E-state index is 5.73. The van der Waals surface area contributed by atoms with Crippen molar-refractivity contribution in [3.8, 4) is 23.0 Å². The van der Waals surface area contributed by atoms with E-state index in [0.717, 1.165) is 39.6 Å². The van der Waals surface area contributed by atoms with Gasteiger partial charge in [0.05, 0.1) is 4.47 Å². The molecule has 6 heteroatoms. The van der Waals surface area contributed by atoms with E-state index < -0.39 is 0 Å². The number of rotatable bonds is 5. The molecule has 4 rings (SSSR count). The molecule has 2 aromatic rings. The highest BCUT2D eigenvalue weighted by Gasteiger charge is 2.21. The molecule has 0 radical (unpaired) electrons. The molecule has 2 aromatic carbocycles. The second-order valence-corrected chi connectivity index (χ2v) is 7.67. The summed E-state index contributed by atoms with van der Waals surface area (Å²) in [6, 6.07) is 10.5. The number of fused-ring (bicyclic) bond motifs is 2. The fourth-order valence-electron chi connectivity index (χ4n) is 3.34. The highest BCUT2D eigenvalue weighted by molar-refractivity contribution is 9.10. The fraction of sp³-hybridized carbons (Fsp3) is 0.400. The van der Waals surface area contributed by atoms with Gasteiger partial charge in [0, 0.05) is 12.6 Å². The Balaban J connectivity index is 1.52. The van der Waals surface area contributed by atoms with Crippen LogP contribution >= 0.6 is 15.9 Å². The highest BCUT2D eigenvalue weighted by Crippen LogP contribution is 2.40. The van der Waals surface area contributed by atoms with Gasteiger partial charge in [-0.3, -0.25) is 0 Å². The average molecular weight is 420 g/mol. The van der Waals surface area contributed by atoms with Crippen LogP contribution in [0.2, 0.25) is 0 Å². The molecule has 1 unspecified atom stereocenters. The van der Waals surface area contributed by atoms with Gasteiger partial charge in [-0.2, -0.15) is 0 Å². The van der Waals surface area contributed by atoms with Gasteiger partial charge in [0.1, 0.15) is 13.2 Å². The first-order chi connectivity index (χ1) is 12.6. The van der Waals surface area contributed by atoms with E-state index in [9.17, 15) is 0 Å². The Labute approximate surface area is 161 Å². The van der Waals surface area contributed by atoms with E-state index >= 15 is 0 Å². The first-order valence-corrected chi connectivity index (χ1v) is 9.62. The van der Waals surface area contributed by atoms with E-state index in [-0.39, 0.29) is 12.8 Å². The zero-order chi connectivity index (χ0) is 18.1. The third kappa shape index (κ3) is 3.48. The summed E-state index contributed by atoms with van der Waals surface area (Å²) in [6.45, 7) is 6.63. The van der Waals surface area contributed by atoms with Crippen LogP contribution in [0, 0.1) is 5.92 Å². The molecule has 0 amide bonds. The van der Waals surface area contributed by atoms with E-state index in [1.165, 1.54) is 5.56 Å². The second kappa shape index (κ2) is 7.37. The zero-order valence-corrected chi connectivity index (χ0v) is 16.5. The molecule has 2 aliphatic rings. The van der Waals surface area contributed by atoms with Crippen LogP contribution in [-0.2, 0) is 6.54 Å². The minimum atomic E-state index is 0.204. The van der Waals surface area contributed by atoms with Crippen molar-refractivity contribution in [3.63, 3.8) is 0 Å². The third-order valence-corrected chi connectivity index (χ3v) is 5.19. The van der Waals surface area contributed by atoms with Gasteiger partial charge < -0.3 is 24.3 Å². The van der Waals surface area contributed by atoms with Crippen LogP contribution in [0.1, 0.15) is 31.0 Å². The molecule has 0 aliphatic carbocycles. The van der Waals surface area contributed by atoms with Crippen molar-refractivity contribution in [1.29, 1.82) is 0 Å². The van der Waals surface area contributed by atoms with Gasteiger partial charge in [-0.1, -0.05) is 19.9 Å². The molecule has 26 heavy (non-hydrogen) atoms. The van der Waals surface area contributed by atoms with Gasteiger partial charge in [-0.05, 0) is 57.2 Å². The van der Waals surface area contributed by atoms with Crippen LogP contribution in [0.5, 0.6) is 23.0 Å². The number of ether oxygens (including phenoxy) is 4. The molecule has 0 aromatic heterocycles. The van der Waals surface area contributed by atoms with Crippen molar-refractivity contribution >= 4 is 15.9 Å². The van der Waals surface area contributed by atoms with Crippen molar-refractivity contribution in [2.45, 2.75) is 26.4 Å². The normalized spacial score (nSPS) is 16.0. The molecule has 2 heterocycles. The van der Waals surface area contributed by atoms with Crippen molar-refractivity contribution < 1.29 is 18.9 Å². The smallest absolute Gasteiger partial charge is 0.231 e. The van der Waals surface area contributed by atoms with Gasteiger partial charge >= 0.3 is 0 Å². The summed E-state index contributed by atoms with van der Waals surface area (Å²) >= 11 is 3.56. The standard InChI is InChI=1S/C20H22BrNO4/c1-12(2)19(14-3-4-16-17(9-14)24-6-5-23-16)22-10-13-7-15(21)20-18(8-13)25-11-26-20/h3-4,7-9,12,19,22H,5-6,10-11H2,1-2H3. The summed E-state index contributed by atoms with van der Waals surface area (Å²) in [5.41, 5.74) is 2.34. The second-order valence-electron chi connectivity index (χ2n) is 6.82. The van der Waals surface area contributed by atoms with Crippen molar-refractivity contribution in [3.05, 3.63) is 45.9 Å². The molecule has 0 spiro atoms. The van der Waals surface area contributed by atoms with E-state index in [4.69, 9.17) is 18.9 Å². The summed E-state index contributed by atoms with van der Waals surface area (Å²) in [6.07, 6.45) is 0. The van der Waals surface area contributed by atoms with E-state index in [1.807, 2.05) is 12.1 Å². The lowest BCUT2D eigenvalue weighted by Gasteiger charge is -2.25.